The second kappa shape index (κ2) is 5.29. The van der Waals surface area contributed by atoms with Gasteiger partial charge >= 0.3 is 0 Å². The van der Waals surface area contributed by atoms with Crippen molar-refractivity contribution >= 4 is 29.3 Å². The topological polar surface area (TPSA) is 29.0 Å². The first-order valence-corrected chi connectivity index (χ1v) is 7.83. The fourth-order valence-corrected chi connectivity index (χ4v) is 2.84. The van der Waals surface area contributed by atoms with Gasteiger partial charge in [-0.15, -0.1) is 11.8 Å². The van der Waals surface area contributed by atoms with Gasteiger partial charge in [0.05, 0.1) is 5.69 Å². The summed E-state index contributed by atoms with van der Waals surface area (Å²) in [6.45, 7) is 1.95. The second-order valence-corrected chi connectivity index (χ2v) is 5.70. The highest BCUT2D eigenvalue weighted by Crippen LogP contribution is 2.31. The molecule has 1 aromatic carbocycles. The van der Waals surface area contributed by atoms with E-state index in [0.29, 0.717) is 0 Å². The Bertz CT molecular complexity index is 662. The number of anilines is 2. The van der Waals surface area contributed by atoms with E-state index in [9.17, 15) is 0 Å². The van der Waals surface area contributed by atoms with Gasteiger partial charge in [0.15, 0.2) is 0 Å². The predicted molar refractivity (Wildman–Crippen MR) is 85.8 cm³/mol. The van der Waals surface area contributed by atoms with Crippen molar-refractivity contribution in [1.82, 2.24) is 9.97 Å². The number of fused-ring (bicyclic) bond motifs is 1. The van der Waals surface area contributed by atoms with Crippen molar-refractivity contribution in [1.29, 1.82) is 0 Å². The second-order valence-electron chi connectivity index (χ2n) is 4.82. The fourth-order valence-electron chi connectivity index (χ4n) is 2.43. The van der Waals surface area contributed by atoms with Crippen LogP contribution in [0.25, 0.3) is 6.08 Å². The molecule has 1 aliphatic carbocycles. The largest absolute Gasteiger partial charge is 0.329 e. The summed E-state index contributed by atoms with van der Waals surface area (Å²) in [6, 6.07) is 8.56. The van der Waals surface area contributed by atoms with Gasteiger partial charge in [0.25, 0.3) is 0 Å². The van der Waals surface area contributed by atoms with Gasteiger partial charge in [0.2, 0.25) is 0 Å². The number of benzene rings is 1. The van der Waals surface area contributed by atoms with E-state index < -0.39 is 0 Å². The van der Waals surface area contributed by atoms with Crippen LogP contribution in [0.5, 0.6) is 0 Å². The van der Waals surface area contributed by atoms with Gasteiger partial charge in [-0.3, -0.25) is 0 Å². The minimum atomic E-state index is 0.817. The zero-order chi connectivity index (χ0) is 14.1. The van der Waals surface area contributed by atoms with E-state index in [1.165, 1.54) is 10.5 Å². The number of aromatic nitrogens is 2. The maximum Gasteiger partial charge on any atom is 0.140 e. The van der Waals surface area contributed by atoms with E-state index in [0.717, 1.165) is 29.4 Å². The molecule has 0 atom stereocenters. The number of rotatable bonds is 3. The lowest BCUT2D eigenvalue weighted by molar-refractivity contribution is 0.977. The maximum absolute atomic E-state index is 4.63. The van der Waals surface area contributed by atoms with Crippen molar-refractivity contribution in [2.75, 3.05) is 18.2 Å². The van der Waals surface area contributed by atoms with Crippen molar-refractivity contribution in [3.8, 4) is 0 Å². The smallest absolute Gasteiger partial charge is 0.140 e. The average molecular weight is 283 g/mol. The van der Waals surface area contributed by atoms with Crippen LogP contribution in [0.1, 0.15) is 17.1 Å². The Hall–Kier alpha value is -1.81. The van der Waals surface area contributed by atoms with Crippen LogP contribution in [0.2, 0.25) is 0 Å². The molecule has 0 aliphatic heterocycles. The molecule has 3 nitrogen and oxygen atoms in total. The van der Waals surface area contributed by atoms with Crippen LogP contribution in [-0.2, 0) is 6.42 Å². The molecule has 0 spiro atoms. The van der Waals surface area contributed by atoms with Gasteiger partial charge in [0.1, 0.15) is 11.6 Å². The van der Waals surface area contributed by atoms with Crippen LogP contribution in [0, 0.1) is 6.92 Å². The monoisotopic (exact) mass is 283 g/mol. The number of aryl methyl sites for hydroxylation is 1. The van der Waals surface area contributed by atoms with Gasteiger partial charge in [-0.05, 0) is 49.9 Å². The molecule has 0 N–H and O–H groups in total. The first kappa shape index (κ1) is 13.2. The number of thioether (sulfide) groups is 1. The highest BCUT2D eigenvalue weighted by molar-refractivity contribution is 7.98. The van der Waals surface area contributed by atoms with Gasteiger partial charge in [-0.25, -0.2) is 9.97 Å². The molecular weight excluding hydrogens is 266 g/mol. The lowest BCUT2D eigenvalue weighted by atomic mass is 10.2. The Morgan fingerprint density at radius 2 is 1.90 bits per heavy atom. The zero-order valence-corrected chi connectivity index (χ0v) is 12.7. The summed E-state index contributed by atoms with van der Waals surface area (Å²) in [5, 5.41) is 0. The van der Waals surface area contributed by atoms with Crippen molar-refractivity contribution in [2.45, 2.75) is 18.2 Å². The molecule has 1 heterocycles. The molecule has 102 valence electrons. The Balaban J connectivity index is 2.00. The molecule has 1 aliphatic rings. The molecule has 4 heteroatoms. The SMILES string of the molecule is CSc1ccc(N(C)c2nc(C)nc3c2CC=C3)cc1. The zero-order valence-electron chi connectivity index (χ0n) is 11.9. The third-order valence-electron chi connectivity index (χ3n) is 3.50. The maximum atomic E-state index is 4.63. The molecule has 1 aromatic heterocycles. The summed E-state index contributed by atoms with van der Waals surface area (Å²) in [7, 11) is 2.06. The van der Waals surface area contributed by atoms with Crippen LogP contribution < -0.4 is 4.90 Å². The number of hydrogen-bond donors (Lipinski definition) is 0. The lowest BCUT2D eigenvalue weighted by Gasteiger charge is -2.21. The molecule has 0 bridgehead atoms. The Kier molecular flexibility index (Phi) is 3.49. The van der Waals surface area contributed by atoms with Crippen LogP contribution >= 0.6 is 11.8 Å². The Labute approximate surface area is 123 Å². The van der Waals surface area contributed by atoms with Crippen LogP contribution in [-0.4, -0.2) is 23.3 Å². The average Bonchev–Trinajstić information content (AvgIpc) is 2.94. The third-order valence-corrected chi connectivity index (χ3v) is 4.25. The number of hydrogen-bond acceptors (Lipinski definition) is 4. The standard InChI is InChI=1S/C16H17N3S/c1-11-17-15-6-4-5-14(15)16(18-11)19(2)12-7-9-13(20-3)10-8-12/h4,6-10H,5H2,1-3H3. The van der Waals surface area contributed by atoms with Crippen molar-refractivity contribution < 1.29 is 0 Å². The van der Waals surface area contributed by atoms with E-state index in [2.05, 4.69) is 64.6 Å². The minimum Gasteiger partial charge on any atom is -0.329 e. The van der Waals surface area contributed by atoms with E-state index in [1.54, 1.807) is 11.8 Å². The molecule has 2 aromatic rings. The first-order valence-electron chi connectivity index (χ1n) is 6.61. The van der Waals surface area contributed by atoms with Crippen LogP contribution in [0.15, 0.2) is 35.2 Å². The van der Waals surface area contributed by atoms with Gasteiger partial charge in [-0.2, -0.15) is 0 Å². The van der Waals surface area contributed by atoms with E-state index in [4.69, 9.17) is 0 Å². The molecule has 3 rings (SSSR count). The van der Waals surface area contributed by atoms with Crippen LogP contribution in [0.4, 0.5) is 11.5 Å². The molecule has 0 fully saturated rings. The van der Waals surface area contributed by atoms with E-state index >= 15 is 0 Å². The van der Waals surface area contributed by atoms with Gasteiger partial charge in [-0.1, -0.05) is 6.08 Å². The predicted octanol–water partition coefficient (Wildman–Crippen LogP) is 3.84. The summed E-state index contributed by atoms with van der Waals surface area (Å²) in [6.07, 6.45) is 7.23. The molecule has 0 saturated carbocycles. The molecule has 0 amide bonds. The highest BCUT2D eigenvalue weighted by Gasteiger charge is 2.18. The van der Waals surface area contributed by atoms with E-state index in [-0.39, 0.29) is 0 Å². The van der Waals surface area contributed by atoms with Gasteiger partial charge < -0.3 is 4.90 Å². The molecule has 0 unspecified atom stereocenters. The number of allylic oxidation sites excluding steroid dienone is 1. The van der Waals surface area contributed by atoms with E-state index in [1.807, 2.05) is 6.92 Å². The molecular formula is C16H17N3S. The third kappa shape index (κ3) is 2.31. The van der Waals surface area contributed by atoms with Crippen molar-refractivity contribution in [2.24, 2.45) is 0 Å². The molecule has 20 heavy (non-hydrogen) atoms. The normalized spacial score (nSPS) is 12.6. The Morgan fingerprint density at radius 3 is 2.60 bits per heavy atom. The quantitative estimate of drug-likeness (QED) is 0.800. The minimum absolute atomic E-state index is 0.817. The first-order chi connectivity index (χ1) is 9.69. The molecule has 0 saturated heterocycles. The fraction of sp³-hybridized carbons (Fsp3) is 0.250. The molecule has 0 radical (unpaired) electrons. The summed E-state index contributed by atoms with van der Waals surface area (Å²) < 4.78 is 0. The number of nitrogens with zero attached hydrogens (tertiary/aromatic N) is 3. The lowest BCUT2D eigenvalue weighted by Crippen LogP contribution is -2.15. The summed E-state index contributed by atoms with van der Waals surface area (Å²) in [4.78, 5) is 12.5. The highest BCUT2D eigenvalue weighted by atomic mass is 32.2. The van der Waals surface area contributed by atoms with Crippen molar-refractivity contribution in [3.05, 3.63) is 47.4 Å². The summed E-state index contributed by atoms with van der Waals surface area (Å²) in [5.41, 5.74) is 3.42. The van der Waals surface area contributed by atoms with Gasteiger partial charge in [0, 0.05) is 23.2 Å². The van der Waals surface area contributed by atoms with Crippen molar-refractivity contribution in [3.63, 3.8) is 0 Å². The summed E-state index contributed by atoms with van der Waals surface area (Å²) >= 11 is 1.75. The van der Waals surface area contributed by atoms with Crippen LogP contribution in [0.3, 0.4) is 0 Å². The summed E-state index contributed by atoms with van der Waals surface area (Å²) in [5.74, 6) is 1.83. The Morgan fingerprint density at radius 1 is 1.15 bits per heavy atom.